The van der Waals surface area contributed by atoms with Crippen LogP contribution in [-0.2, 0) is 9.59 Å². The highest BCUT2D eigenvalue weighted by atomic mass is 16.4. The van der Waals surface area contributed by atoms with E-state index in [2.05, 4.69) is 10.6 Å². The van der Waals surface area contributed by atoms with Gasteiger partial charge in [0.25, 0.3) is 0 Å². The van der Waals surface area contributed by atoms with Gasteiger partial charge in [0.2, 0.25) is 5.91 Å². The maximum Gasteiger partial charge on any atom is 0.321 e. The summed E-state index contributed by atoms with van der Waals surface area (Å²) in [7, 11) is 0. The topological polar surface area (TPSA) is 95.5 Å². The number of hydrogen-bond donors (Lipinski definition) is 3. The summed E-state index contributed by atoms with van der Waals surface area (Å²) in [4.78, 5) is 32.8. The Kier molecular flexibility index (Phi) is 6.18. The number of aliphatic carboxylic acids is 1. The number of rotatable bonds is 5. The number of nitrogens with one attached hydrogen (secondary N) is 2. The van der Waals surface area contributed by atoms with Gasteiger partial charge in [-0.05, 0) is 18.8 Å². The Morgan fingerprint density at radius 1 is 1.06 bits per heavy atom. The number of carboxylic acid groups (broad SMARTS) is 1. The average Bonchev–Trinajstić information content (AvgIpc) is 2.35. The first-order valence-corrected chi connectivity index (χ1v) is 6.37. The summed E-state index contributed by atoms with van der Waals surface area (Å²) in [5.74, 6) is -1.11. The minimum Gasteiger partial charge on any atom is -0.481 e. The standard InChI is InChI=1S/C12H20N2O4/c15-10(6-7-11(16)17)14-12(18)13-8-9-4-2-1-3-5-9/h9H,1-8H2,(H,16,17)(H2,13,14,15,18). The molecule has 6 nitrogen and oxygen atoms in total. The maximum atomic E-state index is 11.4. The summed E-state index contributed by atoms with van der Waals surface area (Å²) in [6, 6.07) is -0.532. The molecule has 0 bridgehead atoms. The molecule has 0 spiro atoms. The molecule has 0 aromatic rings. The monoisotopic (exact) mass is 256 g/mol. The molecule has 1 aliphatic carbocycles. The zero-order valence-electron chi connectivity index (χ0n) is 10.4. The molecule has 0 unspecified atom stereocenters. The number of amides is 3. The van der Waals surface area contributed by atoms with Crippen LogP contribution in [0.1, 0.15) is 44.9 Å². The molecule has 3 amide bonds. The molecule has 3 N–H and O–H groups in total. The highest BCUT2D eigenvalue weighted by Gasteiger charge is 2.15. The fourth-order valence-corrected chi connectivity index (χ4v) is 2.08. The van der Waals surface area contributed by atoms with Crippen LogP contribution in [-0.4, -0.2) is 29.6 Å². The Labute approximate surface area is 106 Å². The van der Waals surface area contributed by atoms with Crippen LogP contribution in [0.3, 0.4) is 0 Å². The average molecular weight is 256 g/mol. The smallest absolute Gasteiger partial charge is 0.321 e. The molecule has 0 radical (unpaired) electrons. The Morgan fingerprint density at radius 2 is 1.72 bits per heavy atom. The molecule has 0 aromatic carbocycles. The van der Waals surface area contributed by atoms with Crippen LogP contribution < -0.4 is 10.6 Å². The number of imide groups is 1. The van der Waals surface area contributed by atoms with Crippen LogP contribution in [0.2, 0.25) is 0 Å². The summed E-state index contributed by atoms with van der Waals surface area (Å²) in [5, 5.41) is 13.2. The number of hydrogen-bond acceptors (Lipinski definition) is 3. The fraction of sp³-hybridized carbons (Fsp3) is 0.750. The molecule has 0 atom stereocenters. The lowest BCUT2D eigenvalue weighted by Gasteiger charge is -2.21. The molecule has 102 valence electrons. The number of carboxylic acids is 1. The first-order chi connectivity index (χ1) is 8.58. The van der Waals surface area contributed by atoms with Crippen LogP contribution >= 0.6 is 0 Å². The van der Waals surface area contributed by atoms with E-state index in [0.29, 0.717) is 12.5 Å². The van der Waals surface area contributed by atoms with Crippen LogP contribution in [0.25, 0.3) is 0 Å². The van der Waals surface area contributed by atoms with Crippen molar-refractivity contribution in [3.63, 3.8) is 0 Å². The van der Waals surface area contributed by atoms with Crippen molar-refractivity contribution in [2.45, 2.75) is 44.9 Å². The largest absolute Gasteiger partial charge is 0.481 e. The summed E-state index contributed by atoms with van der Waals surface area (Å²) in [6.07, 6.45) is 5.46. The highest BCUT2D eigenvalue weighted by Crippen LogP contribution is 2.22. The van der Waals surface area contributed by atoms with Gasteiger partial charge in [-0.15, -0.1) is 0 Å². The minimum absolute atomic E-state index is 0.174. The van der Waals surface area contributed by atoms with Crippen LogP contribution in [0.5, 0.6) is 0 Å². The van der Waals surface area contributed by atoms with Crippen LogP contribution in [0, 0.1) is 5.92 Å². The Hall–Kier alpha value is -1.59. The molecular formula is C12H20N2O4. The second-order valence-corrected chi connectivity index (χ2v) is 4.66. The van der Waals surface area contributed by atoms with E-state index in [1.807, 2.05) is 0 Å². The quantitative estimate of drug-likeness (QED) is 0.690. The minimum atomic E-state index is -1.05. The third-order valence-corrected chi connectivity index (χ3v) is 3.09. The molecular weight excluding hydrogens is 236 g/mol. The van der Waals surface area contributed by atoms with Crippen molar-refractivity contribution in [3.05, 3.63) is 0 Å². The molecule has 0 heterocycles. The summed E-state index contributed by atoms with van der Waals surface area (Å²) in [6.45, 7) is 0.581. The van der Waals surface area contributed by atoms with Gasteiger partial charge in [0, 0.05) is 13.0 Å². The zero-order chi connectivity index (χ0) is 13.4. The molecule has 0 aromatic heterocycles. The van der Waals surface area contributed by atoms with Crippen molar-refractivity contribution >= 4 is 17.9 Å². The van der Waals surface area contributed by atoms with E-state index in [1.54, 1.807) is 0 Å². The molecule has 18 heavy (non-hydrogen) atoms. The molecule has 0 aliphatic heterocycles. The lowest BCUT2D eigenvalue weighted by Crippen LogP contribution is -2.41. The van der Waals surface area contributed by atoms with Gasteiger partial charge in [0.05, 0.1) is 6.42 Å². The van der Waals surface area contributed by atoms with Gasteiger partial charge in [-0.1, -0.05) is 19.3 Å². The predicted molar refractivity (Wildman–Crippen MR) is 65.0 cm³/mol. The molecule has 1 fully saturated rings. The third kappa shape index (κ3) is 6.22. The molecule has 6 heteroatoms. The molecule has 1 aliphatic rings. The van der Waals surface area contributed by atoms with Gasteiger partial charge < -0.3 is 10.4 Å². The lowest BCUT2D eigenvalue weighted by molar-refractivity contribution is -0.138. The van der Waals surface area contributed by atoms with E-state index < -0.39 is 17.9 Å². The maximum absolute atomic E-state index is 11.4. The second-order valence-electron chi connectivity index (χ2n) is 4.66. The number of carbonyl (C=O) groups is 3. The highest BCUT2D eigenvalue weighted by molar-refractivity contribution is 5.95. The van der Waals surface area contributed by atoms with Crippen LogP contribution in [0.15, 0.2) is 0 Å². The first-order valence-electron chi connectivity index (χ1n) is 6.37. The van der Waals surface area contributed by atoms with Gasteiger partial charge >= 0.3 is 12.0 Å². The van der Waals surface area contributed by atoms with Gasteiger partial charge in [0.1, 0.15) is 0 Å². The lowest BCUT2D eigenvalue weighted by atomic mass is 9.89. The van der Waals surface area contributed by atoms with E-state index in [9.17, 15) is 14.4 Å². The number of carbonyl (C=O) groups excluding carboxylic acids is 2. The van der Waals surface area contributed by atoms with Crippen molar-refractivity contribution in [2.24, 2.45) is 5.92 Å². The van der Waals surface area contributed by atoms with Crippen molar-refractivity contribution in [3.8, 4) is 0 Å². The summed E-state index contributed by atoms with van der Waals surface area (Å²) < 4.78 is 0. The van der Waals surface area contributed by atoms with Crippen molar-refractivity contribution < 1.29 is 19.5 Å². The van der Waals surface area contributed by atoms with Crippen LogP contribution in [0.4, 0.5) is 4.79 Å². The van der Waals surface area contributed by atoms with Crippen molar-refractivity contribution in [1.29, 1.82) is 0 Å². The van der Waals surface area contributed by atoms with E-state index >= 15 is 0 Å². The number of urea groups is 1. The van der Waals surface area contributed by atoms with E-state index in [4.69, 9.17) is 5.11 Å². The summed E-state index contributed by atoms with van der Waals surface area (Å²) in [5.41, 5.74) is 0. The van der Waals surface area contributed by atoms with Gasteiger partial charge in [0.15, 0.2) is 0 Å². The van der Waals surface area contributed by atoms with E-state index in [0.717, 1.165) is 12.8 Å². The van der Waals surface area contributed by atoms with Gasteiger partial charge in [-0.25, -0.2) is 4.79 Å². The van der Waals surface area contributed by atoms with Gasteiger partial charge in [-0.2, -0.15) is 0 Å². The summed E-state index contributed by atoms with van der Waals surface area (Å²) >= 11 is 0. The predicted octanol–water partition coefficient (Wildman–Crippen LogP) is 1.26. The Morgan fingerprint density at radius 3 is 2.33 bits per heavy atom. The molecule has 1 saturated carbocycles. The Bertz CT molecular complexity index is 311. The SMILES string of the molecule is O=C(O)CCC(=O)NC(=O)NCC1CCCCC1. The van der Waals surface area contributed by atoms with E-state index in [1.165, 1.54) is 19.3 Å². The molecule has 1 rings (SSSR count). The second kappa shape index (κ2) is 7.68. The van der Waals surface area contributed by atoms with Crippen molar-refractivity contribution in [1.82, 2.24) is 10.6 Å². The third-order valence-electron chi connectivity index (χ3n) is 3.09. The van der Waals surface area contributed by atoms with E-state index in [-0.39, 0.29) is 12.8 Å². The van der Waals surface area contributed by atoms with Crippen molar-refractivity contribution in [2.75, 3.05) is 6.54 Å². The fourth-order valence-electron chi connectivity index (χ4n) is 2.08. The zero-order valence-corrected chi connectivity index (χ0v) is 10.4. The van der Waals surface area contributed by atoms with Gasteiger partial charge in [-0.3, -0.25) is 14.9 Å². The Balaban J connectivity index is 2.12. The first kappa shape index (κ1) is 14.5. The normalized spacial score (nSPS) is 16.0. The molecule has 0 saturated heterocycles.